The lowest BCUT2D eigenvalue weighted by atomic mass is 10.1. The molecule has 3 nitrogen and oxygen atoms in total. The molecule has 2 rings (SSSR count). The summed E-state index contributed by atoms with van der Waals surface area (Å²) in [6, 6.07) is 21.1. The Labute approximate surface area is 101 Å². The van der Waals surface area contributed by atoms with E-state index in [-0.39, 0.29) is 0 Å². The van der Waals surface area contributed by atoms with Gasteiger partial charge in [0.2, 0.25) is 0 Å². The summed E-state index contributed by atoms with van der Waals surface area (Å²) < 4.78 is 0. The van der Waals surface area contributed by atoms with Gasteiger partial charge in [0.05, 0.1) is 0 Å². The molecule has 0 aliphatic heterocycles. The fraction of sp³-hybridized carbons (Fsp3) is 0.0714. The Hall–Kier alpha value is -2.29. The molecule has 0 aliphatic rings. The molecule has 0 unspecified atom stereocenters. The monoisotopic (exact) mass is 229 g/mol. The van der Waals surface area contributed by atoms with E-state index < -0.39 is 6.09 Å². The summed E-state index contributed by atoms with van der Waals surface area (Å²) in [5.41, 5.74) is 6.77. The highest BCUT2D eigenvalue weighted by Gasteiger charge is 1.92. The van der Waals surface area contributed by atoms with Crippen LogP contribution in [0.25, 0.3) is 0 Å². The number of hydrogen-bond donors (Lipinski definition) is 2. The molecule has 88 valence electrons. The summed E-state index contributed by atoms with van der Waals surface area (Å²) in [6.45, 7) is 0. The van der Waals surface area contributed by atoms with Gasteiger partial charge in [0.15, 0.2) is 0 Å². The maximum atomic E-state index is 8.78. The maximum Gasteiger partial charge on any atom is 0.402 e. The van der Waals surface area contributed by atoms with Crippen LogP contribution in [0.15, 0.2) is 60.7 Å². The fourth-order valence-corrected chi connectivity index (χ4v) is 1.43. The second kappa shape index (κ2) is 7.06. The van der Waals surface area contributed by atoms with Gasteiger partial charge in [0, 0.05) is 0 Å². The van der Waals surface area contributed by atoms with E-state index in [9.17, 15) is 0 Å². The zero-order valence-electron chi connectivity index (χ0n) is 9.41. The fourth-order valence-electron chi connectivity index (χ4n) is 1.43. The molecular formula is C14H15NO2. The van der Waals surface area contributed by atoms with Gasteiger partial charge < -0.3 is 10.8 Å². The van der Waals surface area contributed by atoms with Crippen molar-refractivity contribution < 1.29 is 9.90 Å². The number of primary amides is 1. The van der Waals surface area contributed by atoms with Crippen LogP contribution >= 0.6 is 0 Å². The number of benzene rings is 2. The van der Waals surface area contributed by atoms with E-state index in [1.807, 2.05) is 0 Å². The average Bonchev–Trinajstić information content (AvgIpc) is 2.31. The second-order valence-electron chi connectivity index (χ2n) is 3.49. The van der Waals surface area contributed by atoms with Crippen LogP contribution < -0.4 is 5.73 Å². The predicted molar refractivity (Wildman–Crippen MR) is 67.9 cm³/mol. The Morgan fingerprint density at radius 2 is 1.18 bits per heavy atom. The van der Waals surface area contributed by atoms with Gasteiger partial charge in [0.25, 0.3) is 0 Å². The van der Waals surface area contributed by atoms with Crippen molar-refractivity contribution in [2.75, 3.05) is 0 Å². The minimum Gasteiger partial charge on any atom is -0.465 e. The van der Waals surface area contributed by atoms with Crippen LogP contribution in [0, 0.1) is 0 Å². The molecule has 0 aromatic heterocycles. The van der Waals surface area contributed by atoms with E-state index in [4.69, 9.17) is 9.90 Å². The van der Waals surface area contributed by atoms with Gasteiger partial charge in [-0.05, 0) is 17.5 Å². The summed E-state index contributed by atoms with van der Waals surface area (Å²) in [6.07, 6.45) is -0.304. The largest absolute Gasteiger partial charge is 0.465 e. The third-order valence-electron chi connectivity index (χ3n) is 2.09. The van der Waals surface area contributed by atoms with Crippen LogP contribution in [0.1, 0.15) is 11.1 Å². The summed E-state index contributed by atoms with van der Waals surface area (Å²) in [5.74, 6) is 0. The van der Waals surface area contributed by atoms with Crippen molar-refractivity contribution in [1.29, 1.82) is 0 Å². The summed E-state index contributed by atoms with van der Waals surface area (Å²) in [4.78, 5) is 8.78. The standard InChI is InChI=1S/C13H12.CH3NO2/c1-3-7-12(8-4-1)11-13-9-5-2-6-10-13;2-1(3)4/h1-10H,11H2;2H2,(H,3,4). The lowest BCUT2D eigenvalue weighted by Gasteiger charge is -2.00. The number of carbonyl (C=O) groups is 1. The first-order chi connectivity index (χ1) is 8.18. The van der Waals surface area contributed by atoms with Gasteiger partial charge in [-0.15, -0.1) is 0 Å². The van der Waals surface area contributed by atoms with Gasteiger partial charge in [-0.2, -0.15) is 0 Å². The van der Waals surface area contributed by atoms with Crippen molar-refractivity contribution >= 4 is 6.09 Å². The number of amides is 1. The molecular weight excluding hydrogens is 214 g/mol. The Kier molecular flexibility index (Phi) is 5.31. The van der Waals surface area contributed by atoms with Crippen LogP contribution in [0.3, 0.4) is 0 Å². The Balaban J connectivity index is 0.000000317. The van der Waals surface area contributed by atoms with Crippen molar-refractivity contribution in [1.82, 2.24) is 0 Å². The average molecular weight is 229 g/mol. The normalized spacial score (nSPS) is 8.94. The Bertz CT molecular complexity index is 399. The van der Waals surface area contributed by atoms with Crippen LogP contribution in [0.5, 0.6) is 0 Å². The van der Waals surface area contributed by atoms with Crippen molar-refractivity contribution in [3.05, 3.63) is 71.8 Å². The van der Waals surface area contributed by atoms with Gasteiger partial charge >= 0.3 is 6.09 Å². The zero-order chi connectivity index (χ0) is 12.5. The molecule has 3 N–H and O–H groups in total. The molecule has 0 atom stereocenters. The molecule has 17 heavy (non-hydrogen) atoms. The molecule has 0 saturated carbocycles. The van der Waals surface area contributed by atoms with Gasteiger partial charge in [-0.3, -0.25) is 0 Å². The summed E-state index contributed by atoms with van der Waals surface area (Å²) in [7, 11) is 0. The van der Waals surface area contributed by atoms with E-state index in [1.54, 1.807) is 0 Å². The first kappa shape index (κ1) is 12.8. The highest BCUT2D eigenvalue weighted by Crippen LogP contribution is 2.07. The molecule has 0 spiro atoms. The lowest BCUT2D eigenvalue weighted by Crippen LogP contribution is -2.03. The van der Waals surface area contributed by atoms with E-state index in [0.717, 1.165) is 6.42 Å². The number of nitrogens with two attached hydrogens (primary N) is 1. The number of rotatable bonds is 2. The first-order valence-electron chi connectivity index (χ1n) is 5.24. The topological polar surface area (TPSA) is 63.3 Å². The Morgan fingerprint density at radius 1 is 0.882 bits per heavy atom. The van der Waals surface area contributed by atoms with Crippen LogP contribution in [-0.4, -0.2) is 11.2 Å². The van der Waals surface area contributed by atoms with E-state index >= 15 is 0 Å². The summed E-state index contributed by atoms with van der Waals surface area (Å²) in [5, 5.41) is 7.19. The third-order valence-corrected chi connectivity index (χ3v) is 2.09. The van der Waals surface area contributed by atoms with Gasteiger partial charge in [-0.1, -0.05) is 60.7 Å². The minimum atomic E-state index is -1.33. The molecule has 0 saturated heterocycles. The Morgan fingerprint density at radius 3 is 1.47 bits per heavy atom. The molecule has 3 heteroatoms. The van der Waals surface area contributed by atoms with E-state index in [0.29, 0.717) is 0 Å². The SMILES string of the molecule is NC(=O)O.c1ccc(Cc2ccccc2)cc1. The molecule has 0 fully saturated rings. The smallest absolute Gasteiger partial charge is 0.402 e. The van der Waals surface area contributed by atoms with E-state index in [2.05, 4.69) is 66.4 Å². The second-order valence-corrected chi connectivity index (χ2v) is 3.49. The highest BCUT2D eigenvalue weighted by molar-refractivity contribution is 5.61. The quantitative estimate of drug-likeness (QED) is 0.831. The van der Waals surface area contributed by atoms with Crippen molar-refractivity contribution in [3.63, 3.8) is 0 Å². The molecule has 2 aromatic carbocycles. The molecule has 0 radical (unpaired) electrons. The van der Waals surface area contributed by atoms with Crippen molar-refractivity contribution in [2.45, 2.75) is 6.42 Å². The number of hydrogen-bond acceptors (Lipinski definition) is 1. The summed E-state index contributed by atoms with van der Waals surface area (Å²) >= 11 is 0. The molecule has 0 bridgehead atoms. The predicted octanol–water partition coefficient (Wildman–Crippen LogP) is 2.90. The third kappa shape index (κ3) is 5.99. The first-order valence-corrected chi connectivity index (χ1v) is 5.24. The van der Waals surface area contributed by atoms with Crippen molar-refractivity contribution in [2.24, 2.45) is 5.73 Å². The van der Waals surface area contributed by atoms with Crippen LogP contribution in [0.2, 0.25) is 0 Å². The molecule has 0 heterocycles. The number of carboxylic acid groups (broad SMARTS) is 1. The van der Waals surface area contributed by atoms with Crippen LogP contribution in [-0.2, 0) is 6.42 Å². The maximum absolute atomic E-state index is 8.78. The highest BCUT2D eigenvalue weighted by atomic mass is 16.4. The zero-order valence-corrected chi connectivity index (χ0v) is 9.41. The molecule has 2 aromatic rings. The van der Waals surface area contributed by atoms with Gasteiger partial charge in [0.1, 0.15) is 0 Å². The van der Waals surface area contributed by atoms with Crippen LogP contribution in [0.4, 0.5) is 4.79 Å². The molecule has 1 amide bonds. The van der Waals surface area contributed by atoms with E-state index in [1.165, 1.54) is 11.1 Å². The minimum absolute atomic E-state index is 1.03. The lowest BCUT2D eigenvalue weighted by molar-refractivity contribution is 0.205. The van der Waals surface area contributed by atoms with Gasteiger partial charge in [-0.25, -0.2) is 4.79 Å². The van der Waals surface area contributed by atoms with Crippen molar-refractivity contribution in [3.8, 4) is 0 Å². The molecule has 0 aliphatic carbocycles.